The predicted octanol–water partition coefficient (Wildman–Crippen LogP) is 5.81. The second-order valence-electron chi connectivity index (χ2n) is 17.2. The SMILES string of the molecule is CC(C)(C)OC(=O)N(C(=O)C(CS)NC(=O)CNC(=O)CN)[C@@](C(=O)O)(C(CCCN)C(=O)OCC1c2ccccc2-c2ccccc21)C(c1ccccc1)(c1ccccc1)c1ccccc1. The van der Waals surface area contributed by atoms with E-state index < -0.39 is 89.0 Å². The zero-order valence-electron chi connectivity index (χ0n) is 37.7. The summed E-state index contributed by atoms with van der Waals surface area (Å²) in [5, 5.41) is 17.5. The number of rotatable bonds is 19. The van der Waals surface area contributed by atoms with Gasteiger partial charge in [0.2, 0.25) is 11.8 Å². The van der Waals surface area contributed by atoms with Crippen LogP contribution in [0.5, 0.6) is 0 Å². The van der Waals surface area contributed by atoms with Crippen LogP contribution in [0, 0.1) is 5.92 Å². The number of fused-ring (bicyclic) bond motifs is 3. The number of aliphatic carboxylic acids is 1. The van der Waals surface area contributed by atoms with Crippen molar-refractivity contribution in [2.45, 2.75) is 62.1 Å². The van der Waals surface area contributed by atoms with Crippen LogP contribution in [0.15, 0.2) is 140 Å². The van der Waals surface area contributed by atoms with Crippen molar-refractivity contribution in [3.05, 3.63) is 167 Å². The minimum atomic E-state index is -3.06. The van der Waals surface area contributed by atoms with Gasteiger partial charge in [-0.2, -0.15) is 12.6 Å². The minimum Gasteiger partial charge on any atom is -0.479 e. The first-order valence-corrected chi connectivity index (χ1v) is 22.7. The lowest BCUT2D eigenvalue weighted by molar-refractivity contribution is -0.177. The van der Waals surface area contributed by atoms with Gasteiger partial charge in [0.1, 0.15) is 18.2 Å². The predicted molar refractivity (Wildman–Crippen MR) is 257 cm³/mol. The fourth-order valence-corrected chi connectivity index (χ4v) is 9.54. The van der Waals surface area contributed by atoms with Crippen LogP contribution in [0.4, 0.5) is 4.79 Å². The summed E-state index contributed by atoms with van der Waals surface area (Å²) in [5.41, 5.74) is 9.59. The molecule has 5 aromatic carbocycles. The Kier molecular flexibility index (Phi) is 16.0. The number of esters is 1. The van der Waals surface area contributed by atoms with Crippen LogP contribution in [0.1, 0.15) is 67.3 Å². The van der Waals surface area contributed by atoms with E-state index in [1.165, 1.54) is 0 Å². The molecule has 5 aromatic rings. The first kappa shape index (κ1) is 49.6. The molecule has 2 unspecified atom stereocenters. The highest BCUT2D eigenvalue weighted by molar-refractivity contribution is 7.80. The fourth-order valence-electron chi connectivity index (χ4n) is 9.29. The third-order valence-electron chi connectivity index (χ3n) is 12.0. The molecular weight excluding hydrogens is 871 g/mol. The molecule has 0 saturated carbocycles. The Morgan fingerprint density at radius 1 is 0.716 bits per heavy atom. The second-order valence-corrected chi connectivity index (χ2v) is 17.6. The molecule has 350 valence electrons. The Morgan fingerprint density at radius 3 is 1.63 bits per heavy atom. The van der Waals surface area contributed by atoms with Crippen molar-refractivity contribution in [3.63, 3.8) is 0 Å². The Balaban J connectivity index is 1.71. The molecule has 3 atom stereocenters. The first-order chi connectivity index (χ1) is 32.2. The van der Waals surface area contributed by atoms with Crippen LogP contribution in [0.25, 0.3) is 11.1 Å². The maximum Gasteiger partial charge on any atom is 0.418 e. The van der Waals surface area contributed by atoms with E-state index >= 15 is 19.2 Å². The van der Waals surface area contributed by atoms with Gasteiger partial charge < -0.3 is 36.7 Å². The number of thiol groups is 1. The van der Waals surface area contributed by atoms with E-state index in [0.717, 1.165) is 22.3 Å². The van der Waals surface area contributed by atoms with Crippen molar-refractivity contribution in [1.29, 1.82) is 0 Å². The summed E-state index contributed by atoms with van der Waals surface area (Å²) < 4.78 is 12.5. The summed E-state index contributed by atoms with van der Waals surface area (Å²) in [6, 6.07) is 39.1. The summed E-state index contributed by atoms with van der Waals surface area (Å²) in [5.74, 6) is -8.47. The van der Waals surface area contributed by atoms with Crippen molar-refractivity contribution in [3.8, 4) is 11.1 Å². The third-order valence-corrected chi connectivity index (χ3v) is 12.3. The summed E-state index contributed by atoms with van der Waals surface area (Å²) in [6.45, 7) is 3.34. The van der Waals surface area contributed by atoms with Gasteiger partial charge in [-0.3, -0.25) is 19.2 Å². The van der Waals surface area contributed by atoms with Gasteiger partial charge in [0.25, 0.3) is 5.91 Å². The van der Waals surface area contributed by atoms with E-state index in [9.17, 15) is 14.7 Å². The maximum atomic E-state index is 15.9. The molecule has 0 heterocycles. The lowest BCUT2D eigenvalue weighted by Gasteiger charge is -2.56. The molecule has 6 rings (SSSR count). The minimum absolute atomic E-state index is 0.0257. The second kappa shape index (κ2) is 21.7. The molecule has 67 heavy (non-hydrogen) atoms. The number of imide groups is 1. The van der Waals surface area contributed by atoms with Crippen LogP contribution in [-0.2, 0) is 38.9 Å². The molecule has 7 N–H and O–H groups in total. The molecule has 0 fully saturated rings. The number of hydrogen-bond donors (Lipinski definition) is 6. The Hall–Kier alpha value is -6.81. The number of nitrogens with zero attached hydrogens (tertiary/aromatic N) is 1. The average Bonchev–Trinajstić information content (AvgIpc) is 3.65. The zero-order valence-corrected chi connectivity index (χ0v) is 38.6. The molecule has 15 heteroatoms. The highest BCUT2D eigenvalue weighted by atomic mass is 32.1. The lowest BCUT2D eigenvalue weighted by Crippen LogP contribution is -2.76. The molecule has 14 nitrogen and oxygen atoms in total. The van der Waals surface area contributed by atoms with Gasteiger partial charge in [0, 0.05) is 11.7 Å². The highest BCUT2D eigenvalue weighted by Crippen LogP contribution is 2.56. The van der Waals surface area contributed by atoms with Crippen LogP contribution in [-0.4, -0.2) is 94.9 Å². The number of ether oxygens (including phenoxy) is 2. The molecule has 0 bridgehead atoms. The van der Waals surface area contributed by atoms with Crippen molar-refractivity contribution in [2.24, 2.45) is 17.4 Å². The van der Waals surface area contributed by atoms with Crippen LogP contribution >= 0.6 is 12.6 Å². The molecule has 4 amide bonds. The zero-order chi connectivity index (χ0) is 48.4. The van der Waals surface area contributed by atoms with Gasteiger partial charge >= 0.3 is 18.0 Å². The lowest BCUT2D eigenvalue weighted by atomic mass is 9.52. The molecule has 0 spiro atoms. The molecule has 0 radical (unpaired) electrons. The number of nitrogens with one attached hydrogen (secondary N) is 2. The van der Waals surface area contributed by atoms with Crippen LogP contribution in [0.2, 0.25) is 0 Å². The summed E-state index contributed by atoms with van der Waals surface area (Å²) in [6.07, 6.45) is -1.72. The highest BCUT2D eigenvalue weighted by Gasteiger charge is 2.72. The van der Waals surface area contributed by atoms with Gasteiger partial charge in [-0.05, 0) is 79.1 Å². The molecule has 1 aliphatic carbocycles. The fraction of sp³-hybridized carbons (Fsp3) is 0.308. The van der Waals surface area contributed by atoms with Crippen molar-refractivity contribution in [2.75, 3.05) is 32.0 Å². The van der Waals surface area contributed by atoms with Crippen LogP contribution in [0.3, 0.4) is 0 Å². The van der Waals surface area contributed by atoms with Gasteiger partial charge in [-0.15, -0.1) is 0 Å². The van der Waals surface area contributed by atoms with Crippen LogP contribution < -0.4 is 22.1 Å². The largest absolute Gasteiger partial charge is 0.479 e. The number of benzene rings is 5. The van der Waals surface area contributed by atoms with E-state index in [2.05, 4.69) is 23.3 Å². The number of carbonyl (C=O) groups is 6. The van der Waals surface area contributed by atoms with Gasteiger partial charge in [-0.1, -0.05) is 140 Å². The standard InChI is InChI=1S/C52H57N5O9S/c1-50(2,3)66-49(64)57(46(60)43(33-67)56-45(59)31-55-44(58)30-54)52(48(62)63,51(34-18-7-4-8-19-34,35-20-9-5-10-21-35)36-22-11-6-12-23-36)42(28-17-29-53)47(61)65-32-41-39-26-15-13-24-37(39)38-25-14-16-27-40(38)41/h4-16,18-27,41-43,67H,17,28-33,53-54H2,1-3H3,(H,55,58)(H,56,59)(H,62,63)/t42?,43?,52-/m1/s1. The van der Waals surface area contributed by atoms with Crippen molar-refractivity contribution >= 4 is 48.4 Å². The number of carboxylic acids is 1. The van der Waals surface area contributed by atoms with E-state index in [-0.39, 0.29) is 42.7 Å². The number of amides is 4. The Morgan fingerprint density at radius 2 is 1.19 bits per heavy atom. The van der Waals surface area contributed by atoms with E-state index in [1.54, 1.807) is 112 Å². The number of carbonyl (C=O) groups excluding carboxylic acids is 5. The monoisotopic (exact) mass is 927 g/mol. The number of carboxylic acid groups (broad SMARTS) is 1. The Labute approximate surface area is 395 Å². The third kappa shape index (κ3) is 9.99. The summed E-state index contributed by atoms with van der Waals surface area (Å²) in [7, 11) is 0. The number of hydrogen-bond acceptors (Lipinski definition) is 11. The molecule has 0 saturated heterocycles. The van der Waals surface area contributed by atoms with Crippen molar-refractivity contribution < 1.29 is 43.3 Å². The van der Waals surface area contributed by atoms with Gasteiger partial charge in [0.15, 0.2) is 5.54 Å². The summed E-state index contributed by atoms with van der Waals surface area (Å²) in [4.78, 5) is 88.9. The van der Waals surface area contributed by atoms with Gasteiger partial charge in [0.05, 0.1) is 24.4 Å². The number of nitrogens with two attached hydrogens (primary N) is 2. The smallest absolute Gasteiger partial charge is 0.418 e. The average molecular weight is 928 g/mol. The topological polar surface area (TPSA) is 220 Å². The van der Waals surface area contributed by atoms with Crippen molar-refractivity contribution in [1.82, 2.24) is 15.5 Å². The summed E-state index contributed by atoms with van der Waals surface area (Å²) >= 11 is 4.44. The normalized spacial score (nSPS) is 14.0. The molecule has 0 aromatic heterocycles. The molecular formula is C52H57N5O9S. The Bertz CT molecular complexity index is 2410. The maximum absolute atomic E-state index is 15.9. The quantitative estimate of drug-likeness (QED) is 0.0330. The van der Waals surface area contributed by atoms with E-state index in [1.807, 2.05) is 48.5 Å². The van der Waals surface area contributed by atoms with Gasteiger partial charge in [-0.25, -0.2) is 14.5 Å². The van der Waals surface area contributed by atoms with E-state index in [4.69, 9.17) is 20.9 Å². The molecule has 1 aliphatic rings. The molecule has 0 aliphatic heterocycles. The van der Waals surface area contributed by atoms with E-state index in [0.29, 0.717) is 4.90 Å². The first-order valence-electron chi connectivity index (χ1n) is 22.1.